The van der Waals surface area contributed by atoms with Crippen LogP contribution in [0.15, 0.2) is 24.3 Å². The lowest BCUT2D eigenvalue weighted by atomic mass is 10.1. The summed E-state index contributed by atoms with van der Waals surface area (Å²) in [6.45, 7) is 0. The van der Waals surface area contributed by atoms with Gasteiger partial charge in [0.2, 0.25) is 0 Å². The molecule has 0 saturated heterocycles. The fourth-order valence-corrected chi connectivity index (χ4v) is 3.15. The maximum atomic E-state index is 12.5. The van der Waals surface area contributed by atoms with Crippen LogP contribution in [0.5, 0.6) is 0 Å². The molecule has 0 unspecified atom stereocenters. The van der Waals surface area contributed by atoms with Crippen LogP contribution in [0.2, 0.25) is 0 Å². The third-order valence-electron chi connectivity index (χ3n) is 4.19. The second-order valence-corrected chi connectivity index (χ2v) is 5.58. The third kappa shape index (κ3) is 1.89. The van der Waals surface area contributed by atoms with Gasteiger partial charge in [0.15, 0.2) is 5.69 Å². The zero-order valence-corrected chi connectivity index (χ0v) is 12.4. The van der Waals surface area contributed by atoms with E-state index in [0.717, 1.165) is 30.5 Å². The van der Waals surface area contributed by atoms with Gasteiger partial charge in [0, 0.05) is 12.6 Å². The Balaban J connectivity index is 1.64. The summed E-state index contributed by atoms with van der Waals surface area (Å²) < 4.78 is 1.45. The molecule has 2 heterocycles. The molecule has 0 saturated carbocycles. The lowest BCUT2D eigenvalue weighted by Gasteiger charge is -2.13. The predicted molar refractivity (Wildman–Crippen MR) is 77.6 cm³/mol. The average Bonchev–Trinajstić information content (AvgIpc) is 3.16. The second-order valence-electron chi connectivity index (χ2n) is 5.58. The Morgan fingerprint density at radius 1 is 1.13 bits per heavy atom. The number of hydroxylamine groups is 2. The minimum absolute atomic E-state index is 0.237. The monoisotopic (exact) mass is 311 g/mol. The van der Waals surface area contributed by atoms with Crippen molar-refractivity contribution >= 4 is 17.8 Å². The number of fused-ring (bicyclic) bond motifs is 2. The van der Waals surface area contributed by atoms with E-state index in [2.05, 4.69) is 5.10 Å². The first kappa shape index (κ1) is 13.7. The molecule has 0 N–H and O–H groups in total. The van der Waals surface area contributed by atoms with Crippen LogP contribution in [0.1, 0.15) is 48.9 Å². The van der Waals surface area contributed by atoms with Gasteiger partial charge in [-0.25, -0.2) is 4.79 Å². The summed E-state index contributed by atoms with van der Waals surface area (Å²) >= 11 is 0. The lowest BCUT2D eigenvalue weighted by molar-refractivity contribution is -0.0592. The highest BCUT2D eigenvalue weighted by Crippen LogP contribution is 2.27. The molecule has 0 fully saturated rings. The second kappa shape index (κ2) is 4.77. The SMILES string of the molecule is Cn1nc2c(c1C(=O)ON1C(=O)c3ccccc3C1=O)CCC2. The molecule has 116 valence electrons. The predicted octanol–water partition coefficient (Wildman–Crippen LogP) is 1.28. The molecule has 1 aliphatic heterocycles. The standard InChI is InChI=1S/C16H13N3O4/c1-18-13(11-7-4-8-12(11)17-18)16(22)23-19-14(20)9-5-2-3-6-10(9)15(19)21/h2-3,5-6H,4,7-8H2,1H3. The first-order valence-corrected chi connectivity index (χ1v) is 7.33. The van der Waals surface area contributed by atoms with E-state index in [1.54, 1.807) is 19.2 Å². The van der Waals surface area contributed by atoms with Gasteiger partial charge >= 0.3 is 5.97 Å². The number of amides is 2. The molecule has 1 aliphatic carbocycles. The minimum atomic E-state index is -0.738. The molecule has 0 spiro atoms. The van der Waals surface area contributed by atoms with E-state index in [4.69, 9.17) is 4.84 Å². The van der Waals surface area contributed by atoms with Gasteiger partial charge in [-0.3, -0.25) is 14.3 Å². The molecule has 2 aromatic rings. The summed E-state index contributed by atoms with van der Waals surface area (Å²) in [5.41, 5.74) is 2.49. The molecular weight excluding hydrogens is 298 g/mol. The van der Waals surface area contributed by atoms with Gasteiger partial charge in [0.05, 0.1) is 16.8 Å². The van der Waals surface area contributed by atoms with Gasteiger partial charge in [0.25, 0.3) is 11.8 Å². The first-order chi connectivity index (χ1) is 11.1. The zero-order chi connectivity index (χ0) is 16.1. The van der Waals surface area contributed by atoms with Crippen LogP contribution < -0.4 is 0 Å². The van der Waals surface area contributed by atoms with Crippen molar-refractivity contribution in [2.24, 2.45) is 7.05 Å². The highest BCUT2D eigenvalue weighted by atomic mass is 16.7. The number of imide groups is 1. The minimum Gasteiger partial charge on any atom is -0.323 e. The quantitative estimate of drug-likeness (QED) is 0.780. The van der Waals surface area contributed by atoms with Crippen molar-refractivity contribution in [3.05, 3.63) is 52.3 Å². The van der Waals surface area contributed by atoms with Crippen molar-refractivity contribution in [3.8, 4) is 0 Å². The van der Waals surface area contributed by atoms with Crippen LogP contribution in [0.25, 0.3) is 0 Å². The topological polar surface area (TPSA) is 81.5 Å². The molecule has 7 heteroatoms. The molecule has 23 heavy (non-hydrogen) atoms. The summed E-state index contributed by atoms with van der Waals surface area (Å²) in [5, 5.41) is 4.82. The van der Waals surface area contributed by atoms with Crippen LogP contribution >= 0.6 is 0 Å². The van der Waals surface area contributed by atoms with E-state index in [-0.39, 0.29) is 11.1 Å². The van der Waals surface area contributed by atoms with Crippen LogP contribution in [-0.2, 0) is 24.7 Å². The fraction of sp³-hybridized carbons (Fsp3) is 0.250. The van der Waals surface area contributed by atoms with E-state index in [1.165, 1.54) is 16.8 Å². The zero-order valence-electron chi connectivity index (χ0n) is 12.4. The summed E-state index contributed by atoms with van der Waals surface area (Å²) in [7, 11) is 1.65. The molecule has 0 atom stereocenters. The Bertz CT molecular complexity index is 833. The summed E-state index contributed by atoms with van der Waals surface area (Å²) in [4.78, 5) is 42.0. The molecular formula is C16H13N3O4. The number of aromatic nitrogens is 2. The van der Waals surface area contributed by atoms with Crippen molar-refractivity contribution in [2.45, 2.75) is 19.3 Å². The molecule has 2 amide bonds. The number of benzene rings is 1. The smallest absolute Gasteiger partial charge is 0.323 e. The number of carbonyl (C=O) groups is 3. The van der Waals surface area contributed by atoms with Gasteiger partial charge in [-0.1, -0.05) is 17.2 Å². The van der Waals surface area contributed by atoms with Crippen molar-refractivity contribution in [1.82, 2.24) is 14.8 Å². The maximum Gasteiger partial charge on any atom is 0.382 e. The van der Waals surface area contributed by atoms with Crippen molar-refractivity contribution < 1.29 is 19.2 Å². The fourth-order valence-electron chi connectivity index (χ4n) is 3.15. The highest BCUT2D eigenvalue weighted by Gasteiger charge is 2.40. The van der Waals surface area contributed by atoms with Crippen LogP contribution in [0.3, 0.4) is 0 Å². The van der Waals surface area contributed by atoms with Crippen LogP contribution in [-0.4, -0.2) is 32.6 Å². The van der Waals surface area contributed by atoms with Crippen LogP contribution in [0.4, 0.5) is 0 Å². The summed E-state index contributed by atoms with van der Waals surface area (Å²) in [6, 6.07) is 6.38. The van der Waals surface area contributed by atoms with Gasteiger partial charge in [0.1, 0.15) is 0 Å². The van der Waals surface area contributed by atoms with Crippen molar-refractivity contribution in [3.63, 3.8) is 0 Å². The Labute approximate surface area is 131 Å². The van der Waals surface area contributed by atoms with Crippen LogP contribution in [0, 0.1) is 0 Å². The number of hydrogen-bond donors (Lipinski definition) is 0. The van der Waals surface area contributed by atoms with Gasteiger partial charge in [-0.05, 0) is 31.4 Å². The van der Waals surface area contributed by atoms with E-state index in [0.29, 0.717) is 10.8 Å². The molecule has 4 rings (SSSR count). The molecule has 0 radical (unpaired) electrons. The molecule has 2 aliphatic rings. The number of carbonyl (C=O) groups excluding carboxylic acids is 3. The van der Waals surface area contributed by atoms with E-state index in [1.807, 2.05) is 0 Å². The Hall–Kier alpha value is -2.96. The van der Waals surface area contributed by atoms with E-state index in [9.17, 15) is 14.4 Å². The van der Waals surface area contributed by atoms with Gasteiger partial charge < -0.3 is 4.84 Å². The van der Waals surface area contributed by atoms with Gasteiger partial charge in [-0.15, -0.1) is 0 Å². The lowest BCUT2D eigenvalue weighted by Crippen LogP contribution is -2.33. The molecule has 1 aromatic carbocycles. The first-order valence-electron chi connectivity index (χ1n) is 7.33. The average molecular weight is 311 g/mol. The number of nitrogens with zero attached hydrogens (tertiary/aromatic N) is 3. The Morgan fingerprint density at radius 3 is 2.43 bits per heavy atom. The van der Waals surface area contributed by atoms with E-state index >= 15 is 0 Å². The van der Waals surface area contributed by atoms with Gasteiger partial charge in [-0.2, -0.15) is 5.10 Å². The summed E-state index contributed by atoms with van der Waals surface area (Å²) in [5.74, 6) is -1.99. The Morgan fingerprint density at radius 2 is 1.78 bits per heavy atom. The summed E-state index contributed by atoms with van der Waals surface area (Å²) in [6.07, 6.45) is 2.50. The number of hydrogen-bond acceptors (Lipinski definition) is 5. The molecule has 1 aromatic heterocycles. The Kier molecular flexibility index (Phi) is 2.84. The maximum absolute atomic E-state index is 12.5. The van der Waals surface area contributed by atoms with Crippen molar-refractivity contribution in [2.75, 3.05) is 0 Å². The third-order valence-corrected chi connectivity index (χ3v) is 4.19. The van der Waals surface area contributed by atoms with E-state index < -0.39 is 17.8 Å². The molecule has 7 nitrogen and oxygen atoms in total. The number of rotatable bonds is 2. The largest absolute Gasteiger partial charge is 0.382 e. The number of aryl methyl sites for hydroxylation is 2. The van der Waals surface area contributed by atoms with Crippen molar-refractivity contribution in [1.29, 1.82) is 0 Å². The molecule has 0 bridgehead atoms. The normalized spacial score (nSPS) is 15.8. The highest BCUT2D eigenvalue weighted by molar-refractivity contribution is 6.21.